The molecule has 0 aliphatic heterocycles. The van der Waals surface area contributed by atoms with E-state index in [-0.39, 0.29) is 12.1 Å². The molecule has 23 heavy (non-hydrogen) atoms. The highest BCUT2D eigenvalue weighted by Gasteiger charge is 2.26. The number of carbonyl (C=O) groups excluding carboxylic acids is 1. The molecule has 0 aromatic heterocycles. The van der Waals surface area contributed by atoms with E-state index >= 15 is 0 Å². The van der Waals surface area contributed by atoms with Crippen molar-refractivity contribution in [2.75, 3.05) is 13.2 Å². The number of carbonyl (C=O) groups is 1. The van der Waals surface area contributed by atoms with Crippen LogP contribution in [0.2, 0.25) is 0 Å². The summed E-state index contributed by atoms with van der Waals surface area (Å²) in [6.07, 6.45) is 4.91. The number of amides is 1. The average Bonchev–Trinajstić information content (AvgIpc) is 2.55. The van der Waals surface area contributed by atoms with Crippen LogP contribution in [0.25, 0.3) is 0 Å². The summed E-state index contributed by atoms with van der Waals surface area (Å²) in [5.74, 6) is -8.06. The molecule has 0 saturated heterocycles. The van der Waals surface area contributed by atoms with Crippen LogP contribution < -0.4 is 4.74 Å². The van der Waals surface area contributed by atoms with E-state index in [1.54, 1.807) is 11.8 Å². The predicted octanol–water partition coefficient (Wildman–Crippen LogP) is 3.80. The van der Waals surface area contributed by atoms with Gasteiger partial charge in [0.25, 0.3) is 5.91 Å². The molecular formula is C16H19F4NO2. The van der Waals surface area contributed by atoms with Gasteiger partial charge in [-0.1, -0.05) is 19.3 Å². The topological polar surface area (TPSA) is 29.5 Å². The van der Waals surface area contributed by atoms with Gasteiger partial charge >= 0.3 is 0 Å². The summed E-state index contributed by atoms with van der Waals surface area (Å²) in [5, 5.41) is 0. The first kappa shape index (κ1) is 17.6. The molecule has 0 unspecified atom stereocenters. The fraction of sp³-hybridized carbons (Fsp3) is 0.562. The third-order valence-corrected chi connectivity index (χ3v) is 4.09. The molecule has 0 radical (unpaired) electrons. The standard InChI is InChI=1S/C16H19F4NO2/c1-2-21(10-6-4-3-5-7-10)13(22)9-23-16-14(19)11(17)8-12(18)15(16)20/h8,10H,2-7,9H2,1H3. The normalized spacial score (nSPS) is 15.5. The number of hydrogen-bond acceptors (Lipinski definition) is 2. The van der Waals surface area contributed by atoms with Crippen LogP contribution in [-0.4, -0.2) is 30.0 Å². The molecule has 1 fully saturated rings. The lowest BCUT2D eigenvalue weighted by molar-refractivity contribution is -0.136. The fourth-order valence-electron chi connectivity index (χ4n) is 2.93. The molecule has 0 bridgehead atoms. The van der Waals surface area contributed by atoms with E-state index in [1.165, 1.54) is 0 Å². The first-order valence-corrected chi connectivity index (χ1v) is 7.71. The number of hydrogen-bond donors (Lipinski definition) is 0. The summed E-state index contributed by atoms with van der Waals surface area (Å²) in [7, 11) is 0. The highest BCUT2D eigenvalue weighted by molar-refractivity contribution is 5.78. The minimum Gasteiger partial charge on any atom is -0.477 e. The van der Waals surface area contributed by atoms with Crippen molar-refractivity contribution in [1.82, 2.24) is 4.90 Å². The van der Waals surface area contributed by atoms with Crippen LogP contribution in [0.15, 0.2) is 6.07 Å². The van der Waals surface area contributed by atoms with Crippen LogP contribution in [0.4, 0.5) is 17.6 Å². The summed E-state index contributed by atoms with van der Waals surface area (Å²) < 4.78 is 57.9. The van der Waals surface area contributed by atoms with Crippen LogP contribution in [0.1, 0.15) is 39.0 Å². The van der Waals surface area contributed by atoms with Gasteiger partial charge in [-0.3, -0.25) is 4.79 Å². The number of halogens is 4. The van der Waals surface area contributed by atoms with Gasteiger partial charge in [0.2, 0.25) is 11.6 Å². The van der Waals surface area contributed by atoms with Crippen molar-refractivity contribution in [3.8, 4) is 5.75 Å². The van der Waals surface area contributed by atoms with E-state index in [2.05, 4.69) is 0 Å². The Hall–Kier alpha value is -1.79. The fourth-order valence-corrected chi connectivity index (χ4v) is 2.93. The average molecular weight is 333 g/mol. The molecule has 7 heteroatoms. The zero-order valence-electron chi connectivity index (χ0n) is 12.9. The summed E-state index contributed by atoms with van der Waals surface area (Å²) in [4.78, 5) is 13.8. The SMILES string of the molecule is CCN(C(=O)COc1c(F)c(F)cc(F)c1F)C1CCCCC1. The molecule has 1 aliphatic carbocycles. The Morgan fingerprint density at radius 2 is 1.70 bits per heavy atom. The van der Waals surface area contributed by atoms with Crippen molar-refractivity contribution in [3.05, 3.63) is 29.3 Å². The minimum atomic E-state index is -1.64. The highest BCUT2D eigenvalue weighted by Crippen LogP contribution is 2.27. The molecule has 0 atom stereocenters. The minimum absolute atomic E-state index is 0.0730. The quantitative estimate of drug-likeness (QED) is 0.606. The Morgan fingerprint density at radius 1 is 1.13 bits per heavy atom. The summed E-state index contributed by atoms with van der Waals surface area (Å²) in [5.41, 5.74) is 0. The zero-order chi connectivity index (χ0) is 17.0. The van der Waals surface area contributed by atoms with Crippen LogP contribution in [0, 0.1) is 23.3 Å². The zero-order valence-corrected chi connectivity index (χ0v) is 12.9. The number of likely N-dealkylation sites (N-methyl/N-ethyl adjacent to an activating group) is 1. The van der Waals surface area contributed by atoms with Gasteiger partial charge in [0.05, 0.1) is 0 Å². The van der Waals surface area contributed by atoms with Crippen molar-refractivity contribution in [2.45, 2.75) is 45.1 Å². The van der Waals surface area contributed by atoms with Crippen LogP contribution in [-0.2, 0) is 4.79 Å². The Morgan fingerprint density at radius 3 is 2.22 bits per heavy atom. The molecule has 2 rings (SSSR count). The maximum atomic E-state index is 13.5. The largest absolute Gasteiger partial charge is 0.477 e. The van der Waals surface area contributed by atoms with E-state index in [9.17, 15) is 22.4 Å². The van der Waals surface area contributed by atoms with Crippen molar-refractivity contribution in [3.63, 3.8) is 0 Å². The number of ether oxygens (including phenoxy) is 1. The van der Waals surface area contributed by atoms with E-state index in [0.29, 0.717) is 6.54 Å². The molecule has 0 spiro atoms. The summed E-state index contributed by atoms with van der Waals surface area (Å²) in [6, 6.07) is 0.170. The van der Waals surface area contributed by atoms with Gasteiger partial charge in [-0.25, -0.2) is 8.78 Å². The van der Waals surface area contributed by atoms with E-state index in [4.69, 9.17) is 4.74 Å². The van der Waals surface area contributed by atoms with Gasteiger partial charge < -0.3 is 9.64 Å². The van der Waals surface area contributed by atoms with Gasteiger partial charge in [0, 0.05) is 18.7 Å². The maximum Gasteiger partial charge on any atom is 0.260 e. The molecule has 1 aromatic rings. The Bertz CT molecular complexity index is 547. The molecule has 1 aromatic carbocycles. The first-order valence-electron chi connectivity index (χ1n) is 7.71. The molecular weight excluding hydrogens is 314 g/mol. The lowest BCUT2D eigenvalue weighted by Crippen LogP contribution is -2.43. The van der Waals surface area contributed by atoms with Gasteiger partial charge in [0.1, 0.15) is 0 Å². The van der Waals surface area contributed by atoms with Gasteiger partial charge in [0.15, 0.2) is 24.0 Å². The van der Waals surface area contributed by atoms with Gasteiger partial charge in [-0.05, 0) is 19.8 Å². The number of rotatable bonds is 5. The van der Waals surface area contributed by atoms with Gasteiger partial charge in [-0.15, -0.1) is 0 Å². The molecule has 1 saturated carbocycles. The molecule has 0 heterocycles. The third-order valence-electron chi connectivity index (χ3n) is 4.09. The summed E-state index contributed by atoms with van der Waals surface area (Å²) in [6.45, 7) is 1.58. The Labute approximate surface area is 132 Å². The predicted molar refractivity (Wildman–Crippen MR) is 76.0 cm³/mol. The van der Waals surface area contributed by atoms with Crippen LogP contribution in [0.3, 0.4) is 0 Å². The van der Waals surface area contributed by atoms with Crippen molar-refractivity contribution < 1.29 is 27.1 Å². The number of benzene rings is 1. The molecule has 3 nitrogen and oxygen atoms in total. The van der Waals surface area contributed by atoms with Crippen molar-refractivity contribution in [1.29, 1.82) is 0 Å². The molecule has 1 amide bonds. The van der Waals surface area contributed by atoms with E-state index < -0.39 is 41.5 Å². The number of nitrogens with zero attached hydrogens (tertiary/aromatic N) is 1. The lowest BCUT2D eigenvalue weighted by atomic mass is 9.94. The second-order valence-corrected chi connectivity index (χ2v) is 5.56. The van der Waals surface area contributed by atoms with E-state index in [1.807, 2.05) is 0 Å². The van der Waals surface area contributed by atoms with Crippen LogP contribution in [0.5, 0.6) is 5.75 Å². The highest BCUT2D eigenvalue weighted by atomic mass is 19.2. The van der Waals surface area contributed by atoms with E-state index in [0.717, 1.165) is 32.1 Å². The van der Waals surface area contributed by atoms with Gasteiger partial charge in [-0.2, -0.15) is 8.78 Å². The second-order valence-electron chi connectivity index (χ2n) is 5.56. The molecule has 0 N–H and O–H groups in total. The second kappa shape index (κ2) is 7.66. The summed E-state index contributed by atoms with van der Waals surface area (Å²) >= 11 is 0. The lowest BCUT2D eigenvalue weighted by Gasteiger charge is -2.33. The smallest absolute Gasteiger partial charge is 0.260 e. The van der Waals surface area contributed by atoms with Crippen molar-refractivity contribution >= 4 is 5.91 Å². The van der Waals surface area contributed by atoms with Crippen LogP contribution >= 0.6 is 0 Å². The monoisotopic (exact) mass is 333 g/mol. The molecule has 1 aliphatic rings. The molecule has 128 valence electrons. The maximum absolute atomic E-state index is 13.5. The third kappa shape index (κ3) is 3.95. The first-order chi connectivity index (χ1) is 11.0. The Balaban J connectivity index is 2.06. The Kier molecular flexibility index (Phi) is 5.85. The van der Waals surface area contributed by atoms with Crippen molar-refractivity contribution in [2.24, 2.45) is 0 Å².